The predicted octanol–water partition coefficient (Wildman–Crippen LogP) is 1.43. The van der Waals surface area contributed by atoms with Gasteiger partial charge in [0.25, 0.3) is 11.5 Å². The molecule has 1 N–H and O–H groups in total. The van der Waals surface area contributed by atoms with E-state index in [2.05, 4.69) is 10.4 Å². The summed E-state index contributed by atoms with van der Waals surface area (Å²) in [6.45, 7) is 4.05. The van der Waals surface area contributed by atoms with Crippen LogP contribution in [0.4, 0.5) is 0 Å². The van der Waals surface area contributed by atoms with Gasteiger partial charge in [-0.05, 0) is 25.5 Å². The Kier molecular flexibility index (Phi) is 4.30. The van der Waals surface area contributed by atoms with Crippen LogP contribution in [0.5, 0.6) is 0 Å². The SMILES string of the molecule is CC(C)NC(=O)c1ccnn(Cc2ccccc2)c1=O. The summed E-state index contributed by atoms with van der Waals surface area (Å²) in [5, 5.41) is 6.73. The largest absolute Gasteiger partial charge is 0.350 e. The average molecular weight is 271 g/mol. The van der Waals surface area contributed by atoms with Gasteiger partial charge in [-0.25, -0.2) is 4.68 Å². The lowest BCUT2D eigenvalue weighted by Crippen LogP contribution is -2.37. The fraction of sp³-hybridized carbons (Fsp3) is 0.267. The Morgan fingerprint density at radius 2 is 1.95 bits per heavy atom. The van der Waals surface area contributed by atoms with Gasteiger partial charge < -0.3 is 5.32 Å². The van der Waals surface area contributed by atoms with E-state index in [-0.39, 0.29) is 23.1 Å². The van der Waals surface area contributed by atoms with Gasteiger partial charge in [-0.3, -0.25) is 9.59 Å². The smallest absolute Gasteiger partial charge is 0.279 e. The van der Waals surface area contributed by atoms with E-state index in [0.717, 1.165) is 5.56 Å². The van der Waals surface area contributed by atoms with Crippen molar-refractivity contribution in [3.8, 4) is 0 Å². The van der Waals surface area contributed by atoms with E-state index in [1.165, 1.54) is 16.9 Å². The first-order chi connectivity index (χ1) is 9.58. The van der Waals surface area contributed by atoms with Crippen molar-refractivity contribution >= 4 is 5.91 Å². The van der Waals surface area contributed by atoms with E-state index >= 15 is 0 Å². The highest BCUT2D eigenvalue weighted by molar-refractivity contribution is 5.93. The molecule has 0 saturated carbocycles. The van der Waals surface area contributed by atoms with Gasteiger partial charge in [-0.1, -0.05) is 30.3 Å². The normalized spacial score (nSPS) is 10.6. The summed E-state index contributed by atoms with van der Waals surface area (Å²) in [5.41, 5.74) is 0.697. The van der Waals surface area contributed by atoms with Crippen molar-refractivity contribution in [1.82, 2.24) is 15.1 Å². The van der Waals surface area contributed by atoms with Gasteiger partial charge in [0.15, 0.2) is 0 Å². The van der Waals surface area contributed by atoms with Gasteiger partial charge in [-0.2, -0.15) is 5.10 Å². The standard InChI is InChI=1S/C15H17N3O2/c1-11(2)17-14(19)13-8-9-16-18(15(13)20)10-12-6-4-3-5-7-12/h3-9,11H,10H2,1-2H3,(H,17,19). The first-order valence-corrected chi connectivity index (χ1v) is 6.49. The van der Waals surface area contributed by atoms with E-state index in [9.17, 15) is 9.59 Å². The molecule has 0 saturated heterocycles. The molecule has 0 atom stereocenters. The highest BCUT2D eigenvalue weighted by Gasteiger charge is 2.13. The Balaban J connectivity index is 2.28. The minimum absolute atomic E-state index is 0.0161. The van der Waals surface area contributed by atoms with E-state index in [0.29, 0.717) is 6.54 Å². The Morgan fingerprint density at radius 3 is 2.60 bits per heavy atom. The first kappa shape index (κ1) is 14.0. The summed E-state index contributed by atoms with van der Waals surface area (Å²) < 4.78 is 1.30. The molecule has 0 spiro atoms. The van der Waals surface area contributed by atoms with Crippen LogP contribution >= 0.6 is 0 Å². The first-order valence-electron chi connectivity index (χ1n) is 6.49. The third kappa shape index (κ3) is 3.32. The minimum atomic E-state index is -0.380. The molecule has 0 aliphatic heterocycles. The van der Waals surface area contributed by atoms with Gasteiger partial charge in [0.05, 0.1) is 6.54 Å². The van der Waals surface area contributed by atoms with E-state index in [1.807, 2.05) is 44.2 Å². The lowest BCUT2D eigenvalue weighted by Gasteiger charge is -2.09. The summed E-state index contributed by atoms with van der Waals surface area (Å²) in [7, 11) is 0. The second kappa shape index (κ2) is 6.14. The number of hydrogen-bond donors (Lipinski definition) is 1. The molecule has 0 radical (unpaired) electrons. The van der Waals surface area contributed by atoms with Crippen LogP contribution in [0, 0.1) is 0 Å². The quantitative estimate of drug-likeness (QED) is 0.915. The van der Waals surface area contributed by atoms with Crippen LogP contribution < -0.4 is 10.9 Å². The molecule has 5 heteroatoms. The lowest BCUT2D eigenvalue weighted by molar-refractivity contribution is 0.0940. The molecule has 1 heterocycles. The molecule has 1 aromatic heterocycles. The summed E-state index contributed by atoms with van der Waals surface area (Å²) in [6, 6.07) is 11.0. The van der Waals surface area contributed by atoms with Crippen molar-refractivity contribution < 1.29 is 4.79 Å². The van der Waals surface area contributed by atoms with Gasteiger partial charge >= 0.3 is 0 Å². The third-order valence-corrected chi connectivity index (χ3v) is 2.75. The highest BCUT2D eigenvalue weighted by Crippen LogP contribution is 2.00. The van der Waals surface area contributed by atoms with Crippen LogP contribution in [-0.2, 0) is 6.54 Å². The third-order valence-electron chi connectivity index (χ3n) is 2.75. The number of amides is 1. The maximum absolute atomic E-state index is 12.2. The van der Waals surface area contributed by atoms with Crippen molar-refractivity contribution in [1.29, 1.82) is 0 Å². The molecule has 2 rings (SSSR count). The average Bonchev–Trinajstić information content (AvgIpc) is 2.41. The minimum Gasteiger partial charge on any atom is -0.350 e. The maximum Gasteiger partial charge on any atom is 0.279 e. The van der Waals surface area contributed by atoms with Crippen molar-refractivity contribution in [2.75, 3.05) is 0 Å². The molecular weight excluding hydrogens is 254 g/mol. The Labute approximate surface area is 117 Å². The molecular formula is C15H17N3O2. The Bertz CT molecular complexity index is 648. The molecule has 5 nitrogen and oxygen atoms in total. The zero-order valence-electron chi connectivity index (χ0n) is 11.5. The molecule has 1 aromatic carbocycles. The van der Waals surface area contributed by atoms with Crippen LogP contribution in [0.25, 0.3) is 0 Å². The molecule has 0 unspecified atom stereocenters. The van der Waals surface area contributed by atoms with Crippen LogP contribution in [0.2, 0.25) is 0 Å². The zero-order chi connectivity index (χ0) is 14.5. The molecule has 0 aliphatic carbocycles. The Hall–Kier alpha value is -2.43. The van der Waals surface area contributed by atoms with E-state index < -0.39 is 0 Å². The van der Waals surface area contributed by atoms with Gasteiger partial charge in [0.2, 0.25) is 0 Å². The second-order valence-electron chi connectivity index (χ2n) is 4.82. The van der Waals surface area contributed by atoms with Crippen LogP contribution in [0.1, 0.15) is 29.8 Å². The summed E-state index contributed by atoms with van der Waals surface area (Å²) >= 11 is 0. The number of nitrogens with one attached hydrogen (secondary N) is 1. The van der Waals surface area contributed by atoms with Crippen molar-refractivity contribution in [2.45, 2.75) is 26.4 Å². The fourth-order valence-electron chi connectivity index (χ4n) is 1.83. The van der Waals surface area contributed by atoms with Crippen LogP contribution in [0.3, 0.4) is 0 Å². The van der Waals surface area contributed by atoms with Gasteiger partial charge in [-0.15, -0.1) is 0 Å². The molecule has 0 aliphatic rings. The van der Waals surface area contributed by atoms with Crippen LogP contribution in [0.15, 0.2) is 47.4 Å². The van der Waals surface area contributed by atoms with Gasteiger partial charge in [0.1, 0.15) is 5.56 Å². The number of nitrogens with zero attached hydrogens (tertiary/aromatic N) is 2. The summed E-state index contributed by atoms with van der Waals surface area (Å²) in [4.78, 5) is 24.2. The number of aromatic nitrogens is 2. The molecule has 20 heavy (non-hydrogen) atoms. The Morgan fingerprint density at radius 1 is 1.25 bits per heavy atom. The molecule has 2 aromatic rings. The number of carbonyl (C=O) groups excluding carboxylic acids is 1. The van der Waals surface area contributed by atoms with Gasteiger partial charge in [0, 0.05) is 12.2 Å². The van der Waals surface area contributed by atoms with Crippen LogP contribution in [-0.4, -0.2) is 21.7 Å². The van der Waals surface area contributed by atoms with Crippen molar-refractivity contribution in [2.24, 2.45) is 0 Å². The molecule has 0 bridgehead atoms. The van der Waals surface area contributed by atoms with E-state index in [4.69, 9.17) is 0 Å². The fourth-order valence-corrected chi connectivity index (χ4v) is 1.83. The topological polar surface area (TPSA) is 64.0 Å². The second-order valence-corrected chi connectivity index (χ2v) is 4.82. The number of carbonyl (C=O) groups is 1. The summed E-state index contributed by atoms with van der Waals surface area (Å²) in [6.07, 6.45) is 1.47. The zero-order valence-corrected chi connectivity index (χ0v) is 11.5. The number of hydrogen-bond acceptors (Lipinski definition) is 3. The molecule has 1 amide bonds. The molecule has 0 fully saturated rings. The lowest BCUT2D eigenvalue weighted by atomic mass is 10.2. The van der Waals surface area contributed by atoms with Crippen molar-refractivity contribution in [3.63, 3.8) is 0 Å². The highest BCUT2D eigenvalue weighted by atomic mass is 16.2. The number of benzene rings is 1. The van der Waals surface area contributed by atoms with E-state index in [1.54, 1.807) is 0 Å². The summed E-state index contributed by atoms with van der Waals surface area (Å²) in [5.74, 6) is -0.366. The molecule has 104 valence electrons. The maximum atomic E-state index is 12.2. The predicted molar refractivity (Wildman–Crippen MR) is 76.6 cm³/mol. The monoisotopic (exact) mass is 271 g/mol. The number of rotatable bonds is 4. The van der Waals surface area contributed by atoms with Crippen molar-refractivity contribution in [3.05, 3.63) is 64.1 Å².